The van der Waals surface area contributed by atoms with Crippen molar-refractivity contribution in [3.8, 4) is 0 Å². The second-order valence-corrected chi connectivity index (χ2v) is 7.70. The van der Waals surface area contributed by atoms with Crippen LogP contribution in [0.25, 0.3) is 6.08 Å². The Kier molecular flexibility index (Phi) is 16.0. The van der Waals surface area contributed by atoms with Gasteiger partial charge in [-0.25, -0.2) is 0 Å². The fraction of sp³-hybridized carbons (Fsp3) is 0.600. The summed E-state index contributed by atoms with van der Waals surface area (Å²) in [7, 11) is -3.57. The fourth-order valence-corrected chi connectivity index (χ4v) is 3.28. The van der Waals surface area contributed by atoms with E-state index in [-0.39, 0.29) is 37.6 Å². The molecule has 25 heavy (non-hydrogen) atoms. The molecule has 3 nitrogen and oxygen atoms in total. The Bertz CT molecular complexity index is 547. The van der Waals surface area contributed by atoms with Gasteiger partial charge in [0.1, 0.15) is 0 Å². The number of hydrogen-bond acceptors (Lipinski definition) is 3. The molecule has 0 saturated carbocycles. The van der Waals surface area contributed by atoms with Crippen LogP contribution in [0.5, 0.6) is 0 Å². The van der Waals surface area contributed by atoms with Gasteiger partial charge in [-0.3, -0.25) is 4.18 Å². The van der Waals surface area contributed by atoms with Crippen LogP contribution in [0.15, 0.2) is 35.7 Å². The number of rotatable bonds is 14. The summed E-state index contributed by atoms with van der Waals surface area (Å²) in [6, 6.07) is 9.35. The summed E-state index contributed by atoms with van der Waals surface area (Å²) < 4.78 is 28.5. The molecule has 0 saturated heterocycles. The van der Waals surface area contributed by atoms with E-state index in [1.807, 2.05) is 30.3 Å². The minimum absolute atomic E-state index is 0. The molecule has 0 aliphatic rings. The van der Waals surface area contributed by atoms with Gasteiger partial charge >= 0.3 is 29.6 Å². The van der Waals surface area contributed by atoms with Crippen LogP contribution in [0.4, 0.5) is 0 Å². The number of hydrogen-bond donors (Lipinski definition) is 0. The minimum Gasteiger partial charge on any atom is -1.00 e. The Morgan fingerprint density at radius 2 is 1.40 bits per heavy atom. The molecular weight excluding hydrogens is 343 g/mol. The van der Waals surface area contributed by atoms with Crippen LogP contribution in [0.2, 0.25) is 0 Å². The van der Waals surface area contributed by atoms with Gasteiger partial charge in [-0.15, -0.1) is 0 Å². The van der Waals surface area contributed by atoms with E-state index in [9.17, 15) is 8.42 Å². The molecule has 1 aromatic rings. The first-order valence-corrected chi connectivity index (χ1v) is 10.7. The molecule has 0 heterocycles. The molecule has 0 unspecified atom stereocenters. The summed E-state index contributed by atoms with van der Waals surface area (Å²) in [6.45, 7) is 2.51. The van der Waals surface area contributed by atoms with Crippen LogP contribution < -0.4 is 29.6 Å². The molecule has 5 heteroatoms. The second kappa shape index (κ2) is 16.1. The maximum atomic E-state index is 11.8. The van der Waals surface area contributed by atoms with Crippen molar-refractivity contribution in [2.75, 3.05) is 6.61 Å². The Labute approximate surface area is 178 Å². The van der Waals surface area contributed by atoms with E-state index in [4.69, 9.17) is 4.18 Å². The standard InChI is InChI=1S/C20H32O3S.Na.H/c1-2-3-4-5-6-7-8-9-10-14-18-23-24(21,22)19-17-20-15-12-11-13-16-20;;/h11-13,15-17,19H,2-10,14,18H2,1H3;;/q;+1;-1. The van der Waals surface area contributed by atoms with Crippen LogP contribution in [-0.2, 0) is 14.3 Å². The largest absolute Gasteiger partial charge is 1.00 e. The third kappa shape index (κ3) is 14.7. The van der Waals surface area contributed by atoms with Crippen LogP contribution in [0.3, 0.4) is 0 Å². The van der Waals surface area contributed by atoms with E-state index < -0.39 is 10.1 Å². The zero-order valence-electron chi connectivity index (χ0n) is 17.0. The molecule has 1 aromatic carbocycles. The van der Waals surface area contributed by atoms with Gasteiger partial charge in [-0.2, -0.15) is 8.42 Å². The minimum atomic E-state index is -3.57. The quantitative estimate of drug-likeness (QED) is 0.285. The fourth-order valence-electron chi connectivity index (χ4n) is 2.53. The first-order chi connectivity index (χ1) is 11.6. The van der Waals surface area contributed by atoms with Crippen LogP contribution in [0.1, 0.15) is 78.1 Å². The van der Waals surface area contributed by atoms with Crippen LogP contribution in [0, 0.1) is 0 Å². The van der Waals surface area contributed by atoms with Crippen molar-refractivity contribution in [2.24, 2.45) is 0 Å². The molecule has 0 amide bonds. The molecule has 0 radical (unpaired) electrons. The van der Waals surface area contributed by atoms with Crippen molar-refractivity contribution in [3.63, 3.8) is 0 Å². The van der Waals surface area contributed by atoms with Crippen molar-refractivity contribution < 1.29 is 43.6 Å². The van der Waals surface area contributed by atoms with Gasteiger partial charge in [-0.1, -0.05) is 95.0 Å². The average Bonchev–Trinajstić information content (AvgIpc) is 2.59. The Balaban J connectivity index is 0. The molecule has 0 bridgehead atoms. The van der Waals surface area contributed by atoms with E-state index in [2.05, 4.69) is 6.92 Å². The molecular formula is C20H33NaO3S. The topological polar surface area (TPSA) is 43.4 Å². The first kappa shape index (κ1) is 24.9. The first-order valence-electron chi connectivity index (χ1n) is 9.26. The van der Waals surface area contributed by atoms with Gasteiger partial charge < -0.3 is 1.43 Å². The monoisotopic (exact) mass is 376 g/mol. The van der Waals surface area contributed by atoms with Gasteiger partial charge in [0.25, 0.3) is 10.1 Å². The summed E-state index contributed by atoms with van der Waals surface area (Å²) in [5.74, 6) is 0. The third-order valence-corrected chi connectivity index (χ3v) is 4.94. The predicted molar refractivity (Wildman–Crippen MR) is 103 cm³/mol. The molecule has 0 spiro atoms. The Hall–Kier alpha value is -0.130. The molecule has 0 aliphatic carbocycles. The smallest absolute Gasteiger partial charge is 1.00 e. The van der Waals surface area contributed by atoms with Crippen molar-refractivity contribution in [3.05, 3.63) is 41.3 Å². The Morgan fingerprint density at radius 1 is 0.880 bits per heavy atom. The van der Waals surface area contributed by atoms with E-state index in [1.54, 1.807) is 6.08 Å². The van der Waals surface area contributed by atoms with E-state index >= 15 is 0 Å². The molecule has 1 rings (SSSR count). The number of unbranched alkanes of at least 4 members (excludes halogenated alkanes) is 9. The summed E-state index contributed by atoms with van der Waals surface area (Å²) in [6.07, 6.45) is 13.8. The molecule has 0 aromatic heterocycles. The number of benzene rings is 1. The third-order valence-electron chi connectivity index (χ3n) is 3.97. The van der Waals surface area contributed by atoms with Gasteiger partial charge in [-0.05, 0) is 18.1 Å². The molecule has 0 atom stereocenters. The van der Waals surface area contributed by atoms with Crippen LogP contribution in [-0.4, -0.2) is 15.0 Å². The van der Waals surface area contributed by atoms with Crippen molar-refractivity contribution in [1.82, 2.24) is 0 Å². The zero-order valence-corrected chi connectivity index (χ0v) is 18.8. The average molecular weight is 377 g/mol. The maximum Gasteiger partial charge on any atom is 1.00 e. The maximum absolute atomic E-state index is 11.8. The van der Waals surface area contributed by atoms with E-state index in [0.29, 0.717) is 0 Å². The Morgan fingerprint density at radius 3 is 1.96 bits per heavy atom. The van der Waals surface area contributed by atoms with Gasteiger partial charge in [0, 0.05) is 0 Å². The molecule has 0 aliphatic heterocycles. The van der Waals surface area contributed by atoms with E-state index in [1.165, 1.54) is 44.9 Å². The van der Waals surface area contributed by atoms with E-state index in [0.717, 1.165) is 30.2 Å². The van der Waals surface area contributed by atoms with Crippen molar-refractivity contribution >= 4 is 16.2 Å². The van der Waals surface area contributed by atoms with Crippen LogP contribution >= 0.6 is 0 Å². The molecule has 0 N–H and O–H groups in total. The summed E-state index contributed by atoms with van der Waals surface area (Å²) in [4.78, 5) is 0. The second-order valence-electron chi connectivity index (χ2n) is 6.21. The summed E-state index contributed by atoms with van der Waals surface area (Å²) in [5.41, 5.74) is 0.851. The van der Waals surface area contributed by atoms with Gasteiger partial charge in [0.05, 0.1) is 12.0 Å². The van der Waals surface area contributed by atoms with Crippen molar-refractivity contribution in [1.29, 1.82) is 0 Å². The van der Waals surface area contributed by atoms with Gasteiger partial charge in [0.15, 0.2) is 0 Å². The zero-order chi connectivity index (χ0) is 17.5. The molecule has 0 fully saturated rings. The summed E-state index contributed by atoms with van der Waals surface area (Å²) in [5, 5.41) is 1.14. The predicted octanol–water partition coefficient (Wildman–Crippen LogP) is 3.04. The normalized spacial score (nSPS) is 11.6. The summed E-state index contributed by atoms with van der Waals surface area (Å²) >= 11 is 0. The van der Waals surface area contributed by atoms with Gasteiger partial charge in [0.2, 0.25) is 0 Å². The molecule has 138 valence electrons. The SMILES string of the molecule is CCCCCCCCCCCCOS(=O)(=O)C=Cc1ccccc1.[H-].[Na+]. The van der Waals surface area contributed by atoms with Crippen molar-refractivity contribution in [2.45, 2.75) is 71.1 Å².